The number of amides is 2. The number of carbonyl (C=O) groups excluding carboxylic acids is 1. The van der Waals surface area contributed by atoms with Crippen LogP contribution in [0.1, 0.15) is 30.6 Å². The topological polar surface area (TPSA) is 70.6 Å². The van der Waals surface area contributed by atoms with Gasteiger partial charge in [-0.15, -0.1) is 0 Å². The van der Waals surface area contributed by atoms with Gasteiger partial charge in [0.25, 0.3) is 0 Å². The molecule has 1 aromatic rings. The summed E-state index contributed by atoms with van der Waals surface area (Å²) in [6, 6.07) is 3.14. The second-order valence-electron chi connectivity index (χ2n) is 4.97. The van der Waals surface area contributed by atoms with Crippen molar-refractivity contribution >= 4 is 6.03 Å². The number of halogens is 3. The number of carbonyl (C=O) groups is 1. The molecule has 1 aromatic carbocycles. The third-order valence-electron chi connectivity index (χ3n) is 3.31. The number of hydrogen-bond acceptors (Lipinski definition) is 3. The van der Waals surface area contributed by atoms with E-state index in [4.69, 9.17) is 4.74 Å². The lowest BCUT2D eigenvalue weighted by molar-refractivity contribution is -0.137. The molecule has 0 aliphatic rings. The molecule has 23 heavy (non-hydrogen) atoms. The van der Waals surface area contributed by atoms with E-state index in [9.17, 15) is 23.1 Å². The Morgan fingerprint density at radius 2 is 1.91 bits per heavy atom. The molecule has 0 radical (unpaired) electrons. The zero-order valence-corrected chi connectivity index (χ0v) is 13.0. The Balaban J connectivity index is 2.68. The van der Waals surface area contributed by atoms with Gasteiger partial charge in [0.1, 0.15) is 0 Å². The average molecular weight is 334 g/mol. The molecule has 5 nitrogen and oxygen atoms in total. The summed E-state index contributed by atoms with van der Waals surface area (Å²) in [4.78, 5) is 11.7. The fourth-order valence-electron chi connectivity index (χ4n) is 1.99. The standard InChI is InChI=1S/C15H21F3N2O3/c1-3-12(20-14(22)19-8-9-23-2)13(21)10-4-6-11(7-5-10)15(16,17)18/h4-7,12-13,21H,3,8-9H2,1-2H3,(H2,19,20,22). The van der Waals surface area contributed by atoms with Crippen molar-refractivity contribution in [3.63, 3.8) is 0 Å². The number of methoxy groups -OCH3 is 1. The normalized spacial score (nSPS) is 14.2. The molecule has 1 rings (SSSR count). The lowest BCUT2D eigenvalue weighted by Crippen LogP contribution is -2.45. The summed E-state index contributed by atoms with van der Waals surface area (Å²) in [5, 5.41) is 15.4. The van der Waals surface area contributed by atoms with Gasteiger partial charge < -0.3 is 20.5 Å². The van der Waals surface area contributed by atoms with Crippen LogP contribution in [0.4, 0.5) is 18.0 Å². The van der Waals surface area contributed by atoms with Crippen molar-refractivity contribution in [3.05, 3.63) is 35.4 Å². The van der Waals surface area contributed by atoms with E-state index in [1.165, 1.54) is 19.2 Å². The van der Waals surface area contributed by atoms with Crippen LogP contribution in [0, 0.1) is 0 Å². The lowest BCUT2D eigenvalue weighted by atomic mass is 9.99. The van der Waals surface area contributed by atoms with Crippen LogP contribution in [0.2, 0.25) is 0 Å². The van der Waals surface area contributed by atoms with Crippen LogP contribution in [0.15, 0.2) is 24.3 Å². The number of hydrogen-bond donors (Lipinski definition) is 3. The Hall–Kier alpha value is -1.80. The molecule has 0 saturated heterocycles. The van der Waals surface area contributed by atoms with Crippen molar-refractivity contribution in [3.8, 4) is 0 Å². The summed E-state index contributed by atoms with van der Waals surface area (Å²) < 4.78 is 42.4. The molecule has 3 N–H and O–H groups in total. The number of benzene rings is 1. The van der Waals surface area contributed by atoms with E-state index in [2.05, 4.69) is 10.6 Å². The van der Waals surface area contributed by atoms with Crippen LogP contribution in [0.25, 0.3) is 0 Å². The summed E-state index contributed by atoms with van der Waals surface area (Å²) in [5.41, 5.74) is -0.478. The Morgan fingerprint density at radius 1 is 1.30 bits per heavy atom. The number of aliphatic hydroxyl groups excluding tert-OH is 1. The first-order valence-corrected chi connectivity index (χ1v) is 7.18. The number of urea groups is 1. The largest absolute Gasteiger partial charge is 0.416 e. The molecule has 130 valence electrons. The summed E-state index contributed by atoms with van der Waals surface area (Å²) >= 11 is 0. The van der Waals surface area contributed by atoms with E-state index in [0.29, 0.717) is 25.1 Å². The predicted molar refractivity (Wildman–Crippen MR) is 78.9 cm³/mol. The zero-order chi connectivity index (χ0) is 17.5. The van der Waals surface area contributed by atoms with Crippen LogP contribution in [-0.4, -0.2) is 37.4 Å². The smallest absolute Gasteiger partial charge is 0.386 e. The van der Waals surface area contributed by atoms with Gasteiger partial charge in [0, 0.05) is 13.7 Å². The molecule has 8 heteroatoms. The van der Waals surface area contributed by atoms with Crippen LogP contribution in [-0.2, 0) is 10.9 Å². The molecule has 0 bridgehead atoms. The van der Waals surface area contributed by atoms with Gasteiger partial charge in [-0.2, -0.15) is 13.2 Å². The maximum absolute atomic E-state index is 12.5. The second-order valence-corrected chi connectivity index (χ2v) is 4.97. The number of alkyl halides is 3. The highest BCUT2D eigenvalue weighted by atomic mass is 19.4. The fraction of sp³-hybridized carbons (Fsp3) is 0.533. The first kappa shape index (κ1) is 19.2. The monoisotopic (exact) mass is 334 g/mol. The number of rotatable bonds is 7. The summed E-state index contributed by atoms with van der Waals surface area (Å²) in [6.45, 7) is 2.42. The molecular formula is C15H21F3N2O3. The van der Waals surface area contributed by atoms with Gasteiger partial charge in [-0.05, 0) is 24.1 Å². The molecule has 0 aliphatic heterocycles. The van der Waals surface area contributed by atoms with Crippen molar-refractivity contribution in [2.24, 2.45) is 0 Å². The van der Waals surface area contributed by atoms with E-state index in [1.807, 2.05) is 0 Å². The van der Waals surface area contributed by atoms with E-state index in [-0.39, 0.29) is 0 Å². The van der Waals surface area contributed by atoms with Gasteiger partial charge in [-0.1, -0.05) is 19.1 Å². The van der Waals surface area contributed by atoms with Crippen LogP contribution in [0.5, 0.6) is 0 Å². The molecule has 0 spiro atoms. The summed E-state index contributed by atoms with van der Waals surface area (Å²) in [5.74, 6) is 0. The van der Waals surface area contributed by atoms with Crippen molar-refractivity contribution in [2.75, 3.05) is 20.3 Å². The molecule has 0 aliphatic carbocycles. The Bertz CT molecular complexity index is 492. The van der Waals surface area contributed by atoms with E-state index >= 15 is 0 Å². The maximum atomic E-state index is 12.5. The van der Waals surface area contributed by atoms with Crippen LogP contribution >= 0.6 is 0 Å². The first-order valence-electron chi connectivity index (χ1n) is 7.18. The van der Waals surface area contributed by atoms with Gasteiger partial charge in [-0.3, -0.25) is 0 Å². The molecule has 2 amide bonds. The predicted octanol–water partition coefficient (Wildman–Crippen LogP) is 2.46. The van der Waals surface area contributed by atoms with Crippen LogP contribution < -0.4 is 10.6 Å². The fourth-order valence-corrected chi connectivity index (χ4v) is 1.99. The van der Waals surface area contributed by atoms with Gasteiger partial charge in [-0.25, -0.2) is 4.79 Å². The Morgan fingerprint density at radius 3 is 2.39 bits per heavy atom. The van der Waals surface area contributed by atoms with E-state index in [0.717, 1.165) is 12.1 Å². The van der Waals surface area contributed by atoms with Gasteiger partial charge in [0.15, 0.2) is 0 Å². The highest BCUT2D eigenvalue weighted by molar-refractivity contribution is 5.74. The van der Waals surface area contributed by atoms with Crippen molar-refractivity contribution in [2.45, 2.75) is 31.7 Å². The minimum Gasteiger partial charge on any atom is -0.386 e. The molecule has 2 atom stereocenters. The third kappa shape index (κ3) is 6.07. The average Bonchev–Trinajstić information content (AvgIpc) is 2.51. The third-order valence-corrected chi connectivity index (χ3v) is 3.31. The molecule has 2 unspecified atom stereocenters. The van der Waals surface area contributed by atoms with Gasteiger partial charge in [0.05, 0.1) is 24.3 Å². The number of nitrogens with one attached hydrogen (secondary N) is 2. The Labute approximate surface area is 132 Å². The molecule has 0 aromatic heterocycles. The minimum absolute atomic E-state index is 0.307. The lowest BCUT2D eigenvalue weighted by Gasteiger charge is -2.23. The SMILES string of the molecule is CCC(NC(=O)NCCOC)C(O)c1ccc(C(F)(F)F)cc1. The summed E-state index contributed by atoms with van der Waals surface area (Å²) in [6.07, 6.45) is -5.11. The highest BCUT2D eigenvalue weighted by Gasteiger charge is 2.30. The van der Waals surface area contributed by atoms with E-state index in [1.54, 1.807) is 6.92 Å². The van der Waals surface area contributed by atoms with Crippen molar-refractivity contribution < 1.29 is 27.8 Å². The van der Waals surface area contributed by atoms with Crippen molar-refractivity contribution in [1.82, 2.24) is 10.6 Å². The Kier molecular flexibility index (Phi) is 7.31. The number of ether oxygens (including phenoxy) is 1. The molecule has 0 heterocycles. The minimum atomic E-state index is -4.42. The first-order chi connectivity index (χ1) is 10.8. The summed E-state index contributed by atoms with van der Waals surface area (Å²) in [7, 11) is 1.50. The van der Waals surface area contributed by atoms with E-state index < -0.39 is 29.9 Å². The maximum Gasteiger partial charge on any atom is 0.416 e. The van der Waals surface area contributed by atoms with Gasteiger partial charge in [0.2, 0.25) is 0 Å². The quantitative estimate of drug-likeness (QED) is 0.671. The van der Waals surface area contributed by atoms with Crippen LogP contribution in [0.3, 0.4) is 0 Å². The number of aliphatic hydroxyl groups is 1. The van der Waals surface area contributed by atoms with Crippen molar-refractivity contribution in [1.29, 1.82) is 0 Å². The molecule has 0 saturated carbocycles. The highest BCUT2D eigenvalue weighted by Crippen LogP contribution is 2.30. The molecule has 0 fully saturated rings. The second kappa shape index (κ2) is 8.73. The van der Waals surface area contributed by atoms with Gasteiger partial charge >= 0.3 is 12.2 Å². The zero-order valence-electron chi connectivity index (χ0n) is 13.0. The molecular weight excluding hydrogens is 313 g/mol.